The van der Waals surface area contributed by atoms with E-state index in [4.69, 9.17) is 9.15 Å². The zero-order chi connectivity index (χ0) is 19.6. The van der Waals surface area contributed by atoms with Crippen LogP contribution in [0.2, 0.25) is 0 Å². The van der Waals surface area contributed by atoms with Crippen LogP contribution < -0.4 is 0 Å². The normalized spacial score (nSPS) is 23.7. The average molecular weight is 384 g/mol. The minimum atomic E-state index is -1.04. The molecule has 1 aromatic heterocycles. The van der Waals surface area contributed by atoms with E-state index in [1.165, 1.54) is 12.8 Å². The van der Waals surface area contributed by atoms with E-state index in [-0.39, 0.29) is 19.1 Å². The SMILES string of the molecule is Cc1ccc(-c2cccc(C(=O)N3CCOC[C@@](O)(CN4CCCC4)C3)c2)o1. The molecule has 2 fully saturated rings. The van der Waals surface area contributed by atoms with Crippen molar-refractivity contribution in [2.75, 3.05) is 45.9 Å². The first-order chi connectivity index (χ1) is 13.5. The molecule has 0 bridgehead atoms. The number of ether oxygens (including phenoxy) is 1. The molecular weight excluding hydrogens is 356 g/mol. The lowest BCUT2D eigenvalue weighted by Gasteiger charge is -2.34. The number of carbonyl (C=O) groups is 1. The first kappa shape index (κ1) is 19.2. The summed E-state index contributed by atoms with van der Waals surface area (Å²) >= 11 is 0. The Labute approximate surface area is 165 Å². The maximum absolute atomic E-state index is 13.2. The van der Waals surface area contributed by atoms with E-state index in [0.29, 0.717) is 25.3 Å². The molecule has 0 radical (unpaired) electrons. The number of furan rings is 1. The molecule has 1 atom stereocenters. The zero-order valence-corrected chi connectivity index (χ0v) is 16.4. The van der Waals surface area contributed by atoms with E-state index in [2.05, 4.69) is 4.90 Å². The molecule has 2 aliphatic heterocycles. The summed E-state index contributed by atoms with van der Waals surface area (Å²) in [6.45, 7) is 5.91. The van der Waals surface area contributed by atoms with Crippen molar-refractivity contribution in [2.24, 2.45) is 0 Å². The van der Waals surface area contributed by atoms with Gasteiger partial charge in [-0.1, -0.05) is 12.1 Å². The lowest BCUT2D eigenvalue weighted by atomic mass is 10.0. The number of β-amino-alcohol motifs (C(OH)–C–C–N with tert-alkyl or cyclic N) is 1. The highest BCUT2D eigenvalue weighted by Crippen LogP contribution is 2.24. The largest absolute Gasteiger partial charge is 0.461 e. The highest BCUT2D eigenvalue weighted by atomic mass is 16.5. The van der Waals surface area contributed by atoms with Gasteiger partial charge in [-0.3, -0.25) is 4.79 Å². The minimum Gasteiger partial charge on any atom is -0.461 e. The molecule has 2 aromatic rings. The van der Waals surface area contributed by atoms with Crippen LogP contribution >= 0.6 is 0 Å². The van der Waals surface area contributed by atoms with Gasteiger partial charge in [-0.2, -0.15) is 0 Å². The molecule has 3 heterocycles. The Bertz CT molecular complexity index is 827. The van der Waals surface area contributed by atoms with Crippen molar-refractivity contribution in [3.63, 3.8) is 0 Å². The van der Waals surface area contributed by atoms with Gasteiger partial charge in [-0.05, 0) is 57.1 Å². The molecule has 28 heavy (non-hydrogen) atoms. The first-order valence-corrected chi connectivity index (χ1v) is 10.0. The van der Waals surface area contributed by atoms with Gasteiger partial charge < -0.3 is 24.1 Å². The van der Waals surface area contributed by atoms with Crippen LogP contribution in [0.1, 0.15) is 29.0 Å². The van der Waals surface area contributed by atoms with Crippen LogP contribution in [0.15, 0.2) is 40.8 Å². The fraction of sp³-hybridized carbons (Fsp3) is 0.500. The molecule has 4 rings (SSSR count). The summed E-state index contributed by atoms with van der Waals surface area (Å²) < 4.78 is 11.3. The van der Waals surface area contributed by atoms with E-state index in [1.807, 2.05) is 43.3 Å². The Morgan fingerprint density at radius 1 is 1.18 bits per heavy atom. The van der Waals surface area contributed by atoms with E-state index in [0.717, 1.165) is 30.2 Å². The molecule has 6 heteroatoms. The van der Waals surface area contributed by atoms with Crippen LogP contribution in [0.5, 0.6) is 0 Å². The van der Waals surface area contributed by atoms with Crippen LogP contribution in [-0.4, -0.2) is 72.4 Å². The third-order valence-electron chi connectivity index (χ3n) is 5.50. The third-order valence-corrected chi connectivity index (χ3v) is 5.50. The lowest BCUT2D eigenvalue weighted by Crippen LogP contribution is -2.53. The highest BCUT2D eigenvalue weighted by Gasteiger charge is 2.36. The summed E-state index contributed by atoms with van der Waals surface area (Å²) in [6, 6.07) is 11.3. The van der Waals surface area contributed by atoms with E-state index >= 15 is 0 Å². The number of aryl methyl sites for hydroxylation is 1. The van der Waals surface area contributed by atoms with Gasteiger partial charge in [-0.25, -0.2) is 0 Å². The summed E-state index contributed by atoms with van der Waals surface area (Å²) in [5.41, 5.74) is 0.431. The molecule has 0 aliphatic carbocycles. The summed E-state index contributed by atoms with van der Waals surface area (Å²) in [5, 5.41) is 11.1. The number of benzene rings is 1. The Morgan fingerprint density at radius 3 is 2.75 bits per heavy atom. The second-order valence-corrected chi connectivity index (χ2v) is 7.98. The molecule has 0 saturated carbocycles. The van der Waals surface area contributed by atoms with Gasteiger partial charge in [0, 0.05) is 24.2 Å². The van der Waals surface area contributed by atoms with Gasteiger partial charge in [0.2, 0.25) is 0 Å². The number of nitrogens with zero attached hydrogens (tertiary/aromatic N) is 2. The van der Waals surface area contributed by atoms with Gasteiger partial charge in [-0.15, -0.1) is 0 Å². The summed E-state index contributed by atoms with van der Waals surface area (Å²) in [5.74, 6) is 1.50. The van der Waals surface area contributed by atoms with Gasteiger partial charge in [0.25, 0.3) is 5.91 Å². The van der Waals surface area contributed by atoms with Crippen LogP contribution in [0.3, 0.4) is 0 Å². The molecule has 0 spiro atoms. The van der Waals surface area contributed by atoms with Crippen molar-refractivity contribution >= 4 is 5.91 Å². The molecule has 2 aliphatic rings. The van der Waals surface area contributed by atoms with Crippen molar-refractivity contribution < 1.29 is 19.1 Å². The molecule has 1 amide bonds. The Balaban J connectivity index is 1.51. The van der Waals surface area contributed by atoms with Crippen molar-refractivity contribution in [1.29, 1.82) is 0 Å². The van der Waals surface area contributed by atoms with Crippen molar-refractivity contribution in [2.45, 2.75) is 25.4 Å². The van der Waals surface area contributed by atoms with Crippen LogP contribution in [-0.2, 0) is 4.74 Å². The van der Waals surface area contributed by atoms with E-state index in [1.54, 1.807) is 4.90 Å². The number of rotatable bonds is 4. The molecular formula is C22H28N2O4. The zero-order valence-electron chi connectivity index (χ0n) is 16.4. The second-order valence-electron chi connectivity index (χ2n) is 7.98. The number of aliphatic hydroxyl groups is 1. The van der Waals surface area contributed by atoms with Crippen molar-refractivity contribution in [3.05, 3.63) is 47.7 Å². The van der Waals surface area contributed by atoms with Crippen molar-refractivity contribution in [1.82, 2.24) is 9.80 Å². The van der Waals surface area contributed by atoms with Gasteiger partial charge >= 0.3 is 0 Å². The topological polar surface area (TPSA) is 66.2 Å². The summed E-state index contributed by atoms with van der Waals surface area (Å²) in [7, 11) is 0. The molecule has 1 N–H and O–H groups in total. The number of likely N-dealkylation sites (tertiary alicyclic amines) is 1. The monoisotopic (exact) mass is 384 g/mol. The third kappa shape index (κ3) is 4.29. The smallest absolute Gasteiger partial charge is 0.254 e. The molecule has 1 aromatic carbocycles. The number of hydrogen-bond donors (Lipinski definition) is 1. The van der Waals surface area contributed by atoms with Crippen LogP contribution in [0, 0.1) is 6.92 Å². The average Bonchev–Trinajstić information content (AvgIpc) is 3.31. The fourth-order valence-corrected chi connectivity index (χ4v) is 4.12. The quantitative estimate of drug-likeness (QED) is 0.878. The number of hydrogen-bond acceptors (Lipinski definition) is 5. The Hall–Kier alpha value is -2.15. The fourth-order valence-electron chi connectivity index (χ4n) is 4.12. The standard InChI is InChI=1S/C22H28N2O4/c1-17-7-8-20(28-17)18-5-4-6-19(13-18)21(25)24-11-12-27-16-22(26,15-24)14-23-9-2-3-10-23/h4-8,13,26H,2-3,9-12,14-16H2,1H3/t22-/m1/s1. The Kier molecular flexibility index (Phi) is 5.53. The predicted octanol–water partition coefficient (Wildman–Crippen LogP) is 2.55. The number of carbonyl (C=O) groups excluding carboxylic acids is 1. The molecule has 150 valence electrons. The minimum absolute atomic E-state index is 0.0875. The molecule has 6 nitrogen and oxygen atoms in total. The Morgan fingerprint density at radius 2 is 2.00 bits per heavy atom. The second kappa shape index (κ2) is 8.07. The highest BCUT2D eigenvalue weighted by molar-refractivity contribution is 5.95. The summed E-state index contributed by atoms with van der Waals surface area (Å²) in [4.78, 5) is 17.2. The maximum Gasteiger partial charge on any atom is 0.254 e. The molecule has 0 unspecified atom stereocenters. The summed E-state index contributed by atoms with van der Waals surface area (Å²) in [6.07, 6.45) is 2.33. The van der Waals surface area contributed by atoms with Crippen molar-refractivity contribution in [3.8, 4) is 11.3 Å². The maximum atomic E-state index is 13.2. The molecule has 2 saturated heterocycles. The van der Waals surface area contributed by atoms with E-state index in [9.17, 15) is 9.90 Å². The predicted molar refractivity (Wildman–Crippen MR) is 106 cm³/mol. The van der Waals surface area contributed by atoms with Gasteiger partial charge in [0.1, 0.15) is 17.1 Å². The van der Waals surface area contributed by atoms with Gasteiger partial charge in [0.05, 0.1) is 19.8 Å². The van der Waals surface area contributed by atoms with Gasteiger partial charge in [0.15, 0.2) is 0 Å². The number of amides is 1. The first-order valence-electron chi connectivity index (χ1n) is 10.0. The lowest BCUT2D eigenvalue weighted by molar-refractivity contribution is -0.0524. The van der Waals surface area contributed by atoms with E-state index < -0.39 is 5.60 Å². The van der Waals surface area contributed by atoms with Crippen LogP contribution in [0.4, 0.5) is 0 Å². The van der Waals surface area contributed by atoms with Crippen LogP contribution in [0.25, 0.3) is 11.3 Å².